The fourth-order valence-electron chi connectivity index (χ4n) is 1.40. The lowest BCUT2D eigenvalue weighted by Gasteiger charge is -2.03. The molecular weight excluding hydrogens is 324 g/mol. The summed E-state index contributed by atoms with van der Waals surface area (Å²) in [6, 6.07) is 1.24. The van der Waals surface area contributed by atoms with Crippen molar-refractivity contribution in [2.45, 2.75) is 13.1 Å². The zero-order valence-corrected chi connectivity index (χ0v) is 11.2. The second-order valence-corrected chi connectivity index (χ2v) is 4.55. The molecule has 0 unspecified atom stereocenters. The van der Waals surface area contributed by atoms with E-state index in [1.165, 1.54) is 6.07 Å². The average molecular weight is 334 g/mol. The minimum Gasteiger partial charge on any atom is -0.349 e. The second-order valence-electron chi connectivity index (χ2n) is 3.64. The van der Waals surface area contributed by atoms with Gasteiger partial charge in [0.05, 0.1) is 17.2 Å². The number of rotatable bonds is 5. The minimum atomic E-state index is -2.75. The van der Waals surface area contributed by atoms with Gasteiger partial charge in [-0.2, -0.15) is 19.0 Å². The van der Waals surface area contributed by atoms with Crippen LogP contribution >= 0.6 is 15.9 Å². The Kier molecular flexibility index (Phi) is 4.25. The maximum Gasteiger partial charge on any atom is 0.333 e. The highest BCUT2D eigenvalue weighted by Gasteiger charge is 2.12. The summed E-state index contributed by atoms with van der Waals surface area (Å²) in [7, 11) is 0. The van der Waals surface area contributed by atoms with Gasteiger partial charge < -0.3 is 5.32 Å². The van der Waals surface area contributed by atoms with E-state index in [4.69, 9.17) is 0 Å². The van der Waals surface area contributed by atoms with Gasteiger partial charge in [-0.3, -0.25) is 9.48 Å². The number of alkyl halides is 2. The minimum absolute atomic E-state index is 0.0399. The first kappa shape index (κ1) is 13.7. The number of hydrogen-bond acceptors (Lipinski definition) is 3. The molecule has 0 saturated heterocycles. The SMILES string of the molecule is O=C(NCCn1cc(Br)cn1)c1ccn(C(F)F)n1. The molecule has 2 aromatic rings. The third-order valence-electron chi connectivity index (χ3n) is 2.27. The van der Waals surface area contributed by atoms with Crippen LogP contribution in [0.1, 0.15) is 17.0 Å². The van der Waals surface area contributed by atoms with E-state index < -0.39 is 12.5 Å². The third kappa shape index (κ3) is 3.60. The van der Waals surface area contributed by atoms with Crippen LogP contribution in [0.3, 0.4) is 0 Å². The molecule has 2 rings (SSSR count). The molecule has 0 aromatic carbocycles. The van der Waals surface area contributed by atoms with Crippen LogP contribution in [0, 0.1) is 0 Å². The molecule has 0 saturated carbocycles. The molecule has 0 aliphatic rings. The van der Waals surface area contributed by atoms with Gasteiger partial charge in [-0.25, -0.2) is 4.68 Å². The molecule has 0 aliphatic heterocycles. The molecule has 0 fully saturated rings. The lowest BCUT2D eigenvalue weighted by atomic mass is 10.4. The zero-order valence-electron chi connectivity index (χ0n) is 9.63. The number of nitrogens with one attached hydrogen (secondary N) is 1. The predicted octanol–water partition coefficient (Wildman–Crippen LogP) is 1.67. The molecule has 0 spiro atoms. The first-order valence-electron chi connectivity index (χ1n) is 5.36. The Labute approximate surface area is 115 Å². The molecule has 102 valence electrons. The van der Waals surface area contributed by atoms with Crippen LogP contribution in [0.5, 0.6) is 0 Å². The van der Waals surface area contributed by atoms with E-state index in [1.807, 2.05) is 0 Å². The van der Waals surface area contributed by atoms with E-state index in [9.17, 15) is 13.6 Å². The summed E-state index contributed by atoms with van der Waals surface area (Å²) < 4.78 is 27.5. The van der Waals surface area contributed by atoms with Crippen molar-refractivity contribution in [1.29, 1.82) is 0 Å². The predicted molar refractivity (Wildman–Crippen MR) is 65.7 cm³/mol. The van der Waals surface area contributed by atoms with Crippen molar-refractivity contribution >= 4 is 21.8 Å². The second kappa shape index (κ2) is 5.91. The molecule has 6 nitrogen and oxygen atoms in total. The van der Waals surface area contributed by atoms with Crippen LogP contribution in [0.25, 0.3) is 0 Å². The van der Waals surface area contributed by atoms with Gasteiger partial charge in [0, 0.05) is 18.9 Å². The Morgan fingerprint density at radius 1 is 1.53 bits per heavy atom. The molecule has 2 heterocycles. The number of amides is 1. The van der Waals surface area contributed by atoms with E-state index in [2.05, 4.69) is 31.4 Å². The van der Waals surface area contributed by atoms with Gasteiger partial charge in [0.1, 0.15) is 5.69 Å². The summed E-state index contributed by atoms with van der Waals surface area (Å²) in [5, 5.41) is 10.0. The van der Waals surface area contributed by atoms with E-state index in [-0.39, 0.29) is 5.69 Å². The fourth-order valence-corrected chi connectivity index (χ4v) is 1.73. The number of aromatic nitrogens is 4. The van der Waals surface area contributed by atoms with Crippen LogP contribution in [0.4, 0.5) is 8.78 Å². The Morgan fingerprint density at radius 3 is 2.89 bits per heavy atom. The van der Waals surface area contributed by atoms with Crippen molar-refractivity contribution < 1.29 is 13.6 Å². The van der Waals surface area contributed by atoms with E-state index in [0.717, 1.165) is 10.7 Å². The van der Waals surface area contributed by atoms with Crippen LogP contribution < -0.4 is 5.32 Å². The molecule has 0 atom stereocenters. The monoisotopic (exact) mass is 333 g/mol. The molecule has 0 radical (unpaired) electrons. The molecular formula is C10H10BrF2N5O. The van der Waals surface area contributed by atoms with Gasteiger partial charge >= 0.3 is 6.55 Å². The van der Waals surface area contributed by atoms with Gasteiger partial charge in [0.2, 0.25) is 0 Å². The van der Waals surface area contributed by atoms with E-state index in [0.29, 0.717) is 17.8 Å². The van der Waals surface area contributed by atoms with Crippen molar-refractivity contribution in [1.82, 2.24) is 24.9 Å². The summed E-state index contributed by atoms with van der Waals surface area (Å²) in [6.45, 7) is -1.94. The topological polar surface area (TPSA) is 64.7 Å². The smallest absolute Gasteiger partial charge is 0.333 e. The van der Waals surface area contributed by atoms with Gasteiger partial charge in [-0.15, -0.1) is 0 Å². The van der Waals surface area contributed by atoms with Gasteiger partial charge in [0.25, 0.3) is 5.91 Å². The highest BCUT2D eigenvalue weighted by Crippen LogP contribution is 2.08. The molecule has 2 aromatic heterocycles. The van der Waals surface area contributed by atoms with Crippen molar-refractivity contribution in [2.24, 2.45) is 0 Å². The number of halogens is 3. The standard InChI is InChI=1S/C10H10BrF2N5O/c11-7-5-15-17(6-7)4-2-14-9(19)8-1-3-18(16-8)10(12)13/h1,3,5-6,10H,2,4H2,(H,14,19). The first-order chi connectivity index (χ1) is 9.06. The number of nitrogens with zero attached hydrogens (tertiary/aromatic N) is 4. The Balaban J connectivity index is 1.83. The largest absolute Gasteiger partial charge is 0.349 e. The summed E-state index contributed by atoms with van der Waals surface area (Å²) in [5.41, 5.74) is -0.0399. The zero-order chi connectivity index (χ0) is 13.8. The van der Waals surface area contributed by atoms with Crippen molar-refractivity contribution in [2.75, 3.05) is 6.54 Å². The van der Waals surface area contributed by atoms with Gasteiger partial charge in [-0.1, -0.05) is 0 Å². The maximum absolute atomic E-state index is 12.3. The molecule has 0 aliphatic carbocycles. The molecule has 19 heavy (non-hydrogen) atoms. The number of hydrogen-bond donors (Lipinski definition) is 1. The average Bonchev–Trinajstić information content (AvgIpc) is 2.98. The molecule has 0 bridgehead atoms. The van der Waals surface area contributed by atoms with Crippen molar-refractivity contribution in [3.63, 3.8) is 0 Å². The molecule has 1 N–H and O–H groups in total. The third-order valence-corrected chi connectivity index (χ3v) is 2.68. The van der Waals surface area contributed by atoms with Crippen LogP contribution in [0.2, 0.25) is 0 Å². The van der Waals surface area contributed by atoms with Crippen LogP contribution in [0.15, 0.2) is 29.1 Å². The fraction of sp³-hybridized carbons (Fsp3) is 0.300. The van der Waals surface area contributed by atoms with Gasteiger partial charge in [-0.05, 0) is 22.0 Å². The normalized spacial score (nSPS) is 10.9. The van der Waals surface area contributed by atoms with Crippen LogP contribution in [-0.4, -0.2) is 32.0 Å². The van der Waals surface area contributed by atoms with Crippen molar-refractivity contribution in [3.8, 4) is 0 Å². The van der Waals surface area contributed by atoms with Gasteiger partial charge in [0.15, 0.2) is 0 Å². The number of carbonyl (C=O) groups excluding carboxylic acids is 1. The first-order valence-corrected chi connectivity index (χ1v) is 6.15. The molecule has 9 heteroatoms. The summed E-state index contributed by atoms with van der Waals surface area (Å²) in [6.07, 6.45) is 4.45. The Bertz CT molecular complexity index is 568. The van der Waals surface area contributed by atoms with E-state index in [1.54, 1.807) is 17.1 Å². The Hall–Kier alpha value is -1.77. The quantitative estimate of drug-likeness (QED) is 0.905. The molecule has 1 amide bonds. The highest BCUT2D eigenvalue weighted by molar-refractivity contribution is 9.10. The summed E-state index contributed by atoms with van der Waals surface area (Å²) >= 11 is 3.25. The van der Waals surface area contributed by atoms with E-state index >= 15 is 0 Å². The highest BCUT2D eigenvalue weighted by atomic mass is 79.9. The number of carbonyl (C=O) groups is 1. The lowest BCUT2D eigenvalue weighted by Crippen LogP contribution is -2.27. The van der Waals surface area contributed by atoms with Crippen molar-refractivity contribution in [3.05, 3.63) is 34.8 Å². The summed E-state index contributed by atoms with van der Waals surface area (Å²) in [5.74, 6) is -0.495. The van der Waals surface area contributed by atoms with Crippen LogP contribution in [-0.2, 0) is 6.54 Å². The summed E-state index contributed by atoms with van der Waals surface area (Å²) in [4.78, 5) is 11.6. The maximum atomic E-state index is 12.3. The lowest BCUT2D eigenvalue weighted by molar-refractivity contribution is 0.0560. The Morgan fingerprint density at radius 2 is 2.32 bits per heavy atom.